The molecule has 6 nitrogen and oxygen atoms in total. The molecule has 2 aromatic rings. The first-order valence-corrected chi connectivity index (χ1v) is 5.57. The number of nitrogen functional groups attached to an aromatic ring is 1. The van der Waals surface area contributed by atoms with Gasteiger partial charge in [-0.1, -0.05) is 0 Å². The molecule has 0 bridgehead atoms. The van der Waals surface area contributed by atoms with Gasteiger partial charge in [0.05, 0.1) is 24.1 Å². The molecule has 2 heterocycles. The number of amides is 1. The van der Waals surface area contributed by atoms with Crippen molar-refractivity contribution in [1.29, 1.82) is 0 Å². The van der Waals surface area contributed by atoms with E-state index < -0.39 is 0 Å². The SMILES string of the molecule is CC(NC(=O)c1ccc(N)cn1)c1cnn(C)c1.Cl. The Balaban J connectivity index is 0.00000180. The van der Waals surface area contributed by atoms with Crippen LogP contribution in [0.1, 0.15) is 29.0 Å². The van der Waals surface area contributed by atoms with Crippen molar-refractivity contribution in [3.05, 3.63) is 42.0 Å². The number of aromatic nitrogens is 3. The van der Waals surface area contributed by atoms with Gasteiger partial charge in [-0.3, -0.25) is 9.48 Å². The molecule has 0 saturated heterocycles. The summed E-state index contributed by atoms with van der Waals surface area (Å²) >= 11 is 0. The predicted octanol–water partition coefficient (Wildman–Crippen LogP) is 1.31. The van der Waals surface area contributed by atoms with Gasteiger partial charge in [-0.25, -0.2) is 4.98 Å². The second-order valence-corrected chi connectivity index (χ2v) is 4.12. The van der Waals surface area contributed by atoms with Gasteiger partial charge in [-0.2, -0.15) is 5.10 Å². The third-order valence-corrected chi connectivity index (χ3v) is 2.59. The molecular weight excluding hydrogens is 266 g/mol. The van der Waals surface area contributed by atoms with E-state index in [1.807, 2.05) is 20.2 Å². The van der Waals surface area contributed by atoms with Crippen LogP contribution in [0.5, 0.6) is 0 Å². The van der Waals surface area contributed by atoms with E-state index in [2.05, 4.69) is 15.4 Å². The molecule has 7 heteroatoms. The lowest BCUT2D eigenvalue weighted by atomic mass is 10.2. The summed E-state index contributed by atoms with van der Waals surface area (Å²) in [5.74, 6) is -0.230. The van der Waals surface area contributed by atoms with Crippen LogP contribution < -0.4 is 11.1 Å². The third-order valence-electron chi connectivity index (χ3n) is 2.59. The third kappa shape index (κ3) is 3.69. The summed E-state index contributed by atoms with van der Waals surface area (Å²) in [5.41, 5.74) is 7.34. The molecule has 3 N–H and O–H groups in total. The Kier molecular flexibility index (Phi) is 4.88. The van der Waals surface area contributed by atoms with Crippen molar-refractivity contribution < 1.29 is 4.79 Å². The number of carbonyl (C=O) groups is 1. The number of carbonyl (C=O) groups excluding carboxylic acids is 1. The van der Waals surface area contributed by atoms with E-state index in [9.17, 15) is 4.79 Å². The van der Waals surface area contributed by atoms with Gasteiger partial charge in [0, 0.05) is 18.8 Å². The average molecular weight is 282 g/mol. The van der Waals surface area contributed by atoms with Crippen LogP contribution in [0.4, 0.5) is 5.69 Å². The van der Waals surface area contributed by atoms with Crippen molar-refractivity contribution in [1.82, 2.24) is 20.1 Å². The average Bonchev–Trinajstić information content (AvgIpc) is 2.76. The van der Waals surface area contributed by atoms with Crippen LogP contribution in [-0.2, 0) is 7.05 Å². The number of aryl methyl sites for hydroxylation is 1. The minimum Gasteiger partial charge on any atom is -0.397 e. The van der Waals surface area contributed by atoms with Gasteiger partial charge in [0.2, 0.25) is 0 Å². The number of hydrogen-bond donors (Lipinski definition) is 2. The standard InChI is InChI=1S/C12H15N5O.ClH/c1-8(9-5-15-17(2)7-9)16-12(18)11-4-3-10(13)6-14-11;/h3-8H,13H2,1-2H3,(H,16,18);1H. The number of nitrogens with one attached hydrogen (secondary N) is 1. The van der Waals surface area contributed by atoms with Crippen LogP contribution in [0.3, 0.4) is 0 Å². The lowest BCUT2D eigenvalue weighted by Gasteiger charge is -2.11. The predicted molar refractivity (Wildman–Crippen MR) is 75.0 cm³/mol. The van der Waals surface area contributed by atoms with Crippen molar-refractivity contribution in [2.45, 2.75) is 13.0 Å². The highest BCUT2D eigenvalue weighted by Crippen LogP contribution is 2.11. The van der Waals surface area contributed by atoms with Crippen molar-refractivity contribution in [3.63, 3.8) is 0 Å². The fourth-order valence-electron chi connectivity index (χ4n) is 1.56. The summed E-state index contributed by atoms with van der Waals surface area (Å²) < 4.78 is 1.69. The maximum Gasteiger partial charge on any atom is 0.270 e. The molecule has 0 aliphatic rings. The second kappa shape index (κ2) is 6.19. The lowest BCUT2D eigenvalue weighted by Crippen LogP contribution is -2.27. The monoisotopic (exact) mass is 281 g/mol. The van der Waals surface area contributed by atoms with Gasteiger partial charge in [0.25, 0.3) is 5.91 Å². The number of hydrogen-bond acceptors (Lipinski definition) is 4. The Hall–Kier alpha value is -2.08. The van der Waals surface area contributed by atoms with E-state index in [1.54, 1.807) is 23.0 Å². The quantitative estimate of drug-likeness (QED) is 0.888. The second-order valence-electron chi connectivity index (χ2n) is 4.12. The lowest BCUT2D eigenvalue weighted by molar-refractivity contribution is 0.0935. The highest BCUT2D eigenvalue weighted by atomic mass is 35.5. The molecule has 0 radical (unpaired) electrons. The number of nitrogens with two attached hydrogens (primary N) is 1. The summed E-state index contributed by atoms with van der Waals surface area (Å²) in [6.45, 7) is 1.90. The molecule has 19 heavy (non-hydrogen) atoms. The molecule has 0 aromatic carbocycles. The molecule has 102 valence electrons. The molecule has 1 unspecified atom stereocenters. The largest absolute Gasteiger partial charge is 0.397 e. The Morgan fingerprint density at radius 1 is 1.42 bits per heavy atom. The van der Waals surface area contributed by atoms with Crippen molar-refractivity contribution >= 4 is 24.0 Å². The zero-order chi connectivity index (χ0) is 13.1. The summed E-state index contributed by atoms with van der Waals surface area (Å²) in [4.78, 5) is 15.9. The smallest absolute Gasteiger partial charge is 0.270 e. The van der Waals surface area contributed by atoms with Crippen LogP contribution in [0.2, 0.25) is 0 Å². The Morgan fingerprint density at radius 2 is 2.16 bits per heavy atom. The molecule has 0 spiro atoms. The Labute approximate surface area is 117 Å². The summed E-state index contributed by atoms with van der Waals surface area (Å²) in [6, 6.07) is 3.13. The van der Waals surface area contributed by atoms with E-state index in [1.165, 1.54) is 6.20 Å². The minimum atomic E-state index is -0.230. The number of nitrogens with zero attached hydrogens (tertiary/aromatic N) is 3. The molecule has 1 amide bonds. The molecule has 0 aliphatic heterocycles. The first-order valence-electron chi connectivity index (χ1n) is 5.57. The zero-order valence-electron chi connectivity index (χ0n) is 10.7. The zero-order valence-corrected chi connectivity index (χ0v) is 11.5. The maximum absolute atomic E-state index is 11.9. The van der Waals surface area contributed by atoms with Crippen LogP contribution in [-0.4, -0.2) is 20.7 Å². The highest BCUT2D eigenvalue weighted by molar-refractivity contribution is 5.92. The maximum atomic E-state index is 11.9. The van der Waals surface area contributed by atoms with Crippen molar-refractivity contribution in [3.8, 4) is 0 Å². The fraction of sp³-hybridized carbons (Fsp3) is 0.250. The summed E-state index contributed by atoms with van der Waals surface area (Å²) in [6.07, 6.45) is 5.05. The van der Waals surface area contributed by atoms with Crippen molar-refractivity contribution in [2.75, 3.05) is 5.73 Å². The molecular formula is C12H16ClN5O. The van der Waals surface area contributed by atoms with Crippen molar-refractivity contribution in [2.24, 2.45) is 7.05 Å². The molecule has 2 aromatic heterocycles. The van der Waals surface area contributed by atoms with E-state index in [-0.39, 0.29) is 24.4 Å². The Bertz CT molecular complexity index is 552. The first kappa shape index (κ1) is 15.0. The van der Waals surface area contributed by atoms with Crippen LogP contribution in [0, 0.1) is 0 Å². The fourth-order valence-corrected chi connectivity index (χ4v) is 1.56. The topological polar surface area (TPSA) is 85.8 Å². The van der Waals surface area contributed by atoms with E-state index in [0.29, 0.717) is 11.4 Å². The normalized spacial score (nSPS) is 11.5. The van der Waals surface area contributed by atoms with Gasteiger partial charge in [0.1, 0.15) is 5.69 Å². The van der Waals surface area contributed by atoms with Crippen LogP contribution in [0.25, 0.3) is 0 Å². The highest BCUT2D eigenvalue weighted by Gasteiger charge is 2.13. The number of rotatable bonds is 3. The van der Waals surface area contributed by atoms with E-state index in [0.717, 1.165) is 5.56 Å². The number of anilines is 1. The summed E-state index contributed by atoms with van der Waals surface area (Å²) in [5, 5.41) is 6.91. The molecule has 0 aliphatic carbocycles. The molecule has 2 rings (SSSR count). The van der Waals surface area contributed by atoms with Gasteiger partial charge in [-0.15, -0.1) is 12.4 Å². The van der Waals surface area contributed by atoms with E-state index >= 15 is 0 Å². The van der Waals surface area contributed by atoms with E-state index in [4.69, 9.17) is 5.73 Å². The van der Waals surface area contributed by atoms with Crippen LogP contribution in [0.15, 0.2) is 30.7 Å². The number of halogens is 1. The van der Waals surface area contributed by atoms with Gasteiger partial charge < -0.3 is 11.1 Å². The van der Waals surface area contributed by atoms with Gasteiger partial charge in [-0.05, 0) is 19.1 Å². The Morgan fingerprint density at radius 3 is 2.68 bits per heavy atom. The first-order chi connectivity index (χ1) is 8.56. The summed E-state index contributed by atoms with van der Waals surface area (Å²) in [7, 11) is 1.83. The molecule has 0 fully saturated rings. The van der Waals surface area contributed by atoms with Gasteiger partial charge in [0.15, 0.2) is 0 Å². The van der Waals surface area contributed by atoms with Gasteiger partial charge >= 0.3 is 0 Å². The molecule has 0 saturated carbocycles. The molecule has 1 atom stereocenters. The number of pyridine rings is 1. The van der Waals surface area contributed by atoms with Crippen LogP contribution >= 0.6 is 12.4 Å². The minimum absolute atomic E-state index is 0.